The minimum absolute atomic E-state index is 0.165. The van der Waals surface area contributed by atoms with Gasteiger partial charge in [-0.2, -0.15) is 0 Å². The van der Waals surface area contributed by atoms with Crippen molar-refractivity contribution in [2.45, 2.75) is 33.2 Å². The Hall–Kier alpha value is -0.150. The standard InChI is InChI=1S/C8H18N2S/c1-5-10(6-7(9)11)8(2,3)4/h5-6H2,1-4H3,(H2,9,11). The van der Waals surface area contributed by atoms with Crippen LogP contribution in [0.3, 0.4) is 0 Å². The molecule has 0 aliphatic rings. The van der Waals surface area contributed by atoms with Crippen molar-refractivity contribution < 1.29 is 0 Å². The van der Waals surface area contributed by atoms with Gasteiger partial charge in [-0.05, 0) is 27.3 Å². The summed E-state index contributed by atoms with van der Waals surface area (Å²) in [5.41, 5.74) is 5.62. The summed E-state index contributed by atoms with van der Waals surface area (Å²) in [5, 5.41) is 0. The van der Waals surface area contributed by atoms with E-state index in [1.54, 1.807) is 0 Å². The zero-order valence-corrected chi connectivity index (χ0v) is 8.66. The molecule has 11 heavy (non-hydrogen) atoms. The molecule has 0 unspecified atom stereocenters. The Kier molecular flexibility index (Phi) is 3.97. The number of likely N-dealkylation sites (N-methyl/N-ethyl adjacent to an activating group) is 1. The van der Waals surface area contributed by atoms with E-state index in [-0.39, 0.29) is 5.54 Å². The monoisotopic (exact) mass is 174 g/mol. The van der Waals surface area contributed by atoms with Gasteiger partial charge < -0.3 is 5.73 Å². The third-order valence-corrected chi connectivity index (χ3v) is 1.81. The summed E-state index contributed by atoms with van der Waals surface area (Å²) in [6.45, 7) is 10.3. The predicted molar refractivity (Wildman–Crippen MR) is 53.8 cm³/mol. The maximum Gasteiger partial charge on any atom is 0.0870 e. The molecule has 0 bridgehead atoms. The van der Waals surface area contributed by atoms with Gasteiger partial charge in [-0.15, -0.1) is 0 Å². The van der Waals surface area contributed by atoms with E-state index >= 15 is 0 Å². The molecule has 0 amide bonds. The van der Waals surface area contributed by atoms with E-state index < -0.39 is 0 Å². The van der Waals surface area contributed by atoms with Gasteiger partial charge >= 0.3 is 0 Å². The van der Waals surface area contributed by atoms with Gasteiger partial charge in [-0.25, -0.2) is 0 Å². The van der Waals surface area contributed by atoms with Gasteiger partial charge in [-0.1, -0.05) is 19.1 Å². The molecule has 0 rings (SSSR count). The molecule has 0 atom stereocenters. The zero-order valence-electron chi connectivity index (χ0n) is 7.85. The first-order chi connectivity index (χ1) is 4.88. The fraction of sp³-hybridized carbons (Fsp3) is 0.875. The molecule has 3 heteroatoms. The summed E-state index contributed by atoms with van der Waals surface area (Å²) in [6, 6.07) is 0. The lowest BCUT2D eigenvalue weighted by atomic mass is 10.1. The Balaban J connectivity index is 4.07. The van der Waals surface area contributed by atoms with Crippen LogP contribution in [0.15, 0.2) is 0 Å². The van der Waals surface area contributed by atoms with Crippen molar-refractivity contribution in [1.29, 1.82) is 0 Å². The summed E-state index contributed by atoms with van der Waals surface area (Å²) in [6.07, 6.45) is 0. The summed E-state index contributed by atoms with van der Waals surface area (Å²) in [4.78, 5) is 2.82. The van der Waals surface area contributed by atoms with Crippen LogP contribution < -0.4 is 5.73 Å². The van der Waals surface area contributed by atoms with Crippen LogP contribution in [0, 0.1) is 0 Å². The molecule has 0 radical (unpaired) electrons. The molecular weight excluding hydrogens is 156 g/mol. The molecule has 0 aromatic rings. The first-order valence-electron chi connectivity index (χ1n) is 3.91. The molecule has 2 nitrogen and oxygen atoms in total. The van der Waals surface area contributed by atoms with Gasteiger partial charge in [-0.3, -0.25) is 4.90 Å². The van der Waals surface area contributed by atoms with E-state index in [1.807, 2.05) is 0 Å². The van der Waals surface area contributed by atoms with Crippen molar-refractivity contribution >= 4 is 17.2 Å². The van der Waals surface area contributed by atoms with Gasteiger partial charge in [0.15, 0.2) is 0 Å². The second-order valence-corrected chi connectivity index (χ2v) is 4.18. The third-order valence-electron chi connectivity index (χ3n) is 1.68. The van der Waals surface area contributed by atoms with Crippen molar-refractivity contribution in [2.24, 2.45) is 5.73 Å². The van der Waals surface area contributed by atoms with E-state index in [2.05, 4.69) is 32.6 Å². The number of hydrogen-bond donors (Lipinski definition) is 1. The Morgan fingerprint density at radius 3 is 2.00 bits per heavy atom. The molecule has 2 N–H and O–H groups in total. The smallest absolute Gasteiger partial charge is 0.0870 e. The second-order valence-electron chi connectivity index (χ2n) is 3.65. The van der Waals surface area contributed by atoms with E-state index in [4.69, 9.17) is 18.0 Å². The Morgan fingerprint density at radius 2 is 1.91 bits per heavy atom. The molecule has 0 fully saturated rings. The van der Waals surface area contributed by atoms with Crippen LogP contribution in [0.2, 0.25) is 0 Å². The van der Waals surface area contributed by atoms with Crippen molar-refractivity contribution in [3.05, 3.63) is 0 Å². The molecule has 0 aliphatic carbocycles. The molecule has 0 aromatic heterocycles. The van der Waals surface area contributed by atoms with Crippen LogP contribution in [0.4, 0.5) is 0 Å². The molecule has 66 valence electrons. The van der Waals surface area contributed by atoms with Gasteiger partial charge in [0.1, 0.15) is 0 Å². The van der Waals surface area contributed by atoms with E-state index in [1.165, 1.54) is 0 Å². The summed E-state index contributed by atoms with van der Waals surface area (Å²) in [5.74, 6) is 0. The number of hydrogen-bond acceptors (Lipinski definition) is 2. The average molecular weight is 174 g/mol. The van der Waals surface area contributed by atoms with Crippen molar-refractivity contribution in [2.75, 3.05) is 13.1 Å². The van der Waals surface area contributed by atoms with Crippen molar-refractivity contribution in [1.82, 2.24) is 4.90 Å². The average Bonchev–Trinajstić information content (AvgIpc) is 1.79. The topological polar surface area (TPSA) is 29.3 Å². The van der Waals surface area contributed by atoms with Crippen LogP contribution in [0.25, 0.3) is 0 Å². The van der Waals surface area contributed by atoms with Crippen molar-refractivity contribution in [3.8, 4) is 0 Å². The maximum absolute atomic E-state index is 5.46. The molecule has 0 spiro atoms. The Morgan fingerprint density at radius 1 is 1.45 bits per heavy atom. The summed E-state index contributed by atoms with van der Waals surface area (Å²) in [7, 11) is 0. The Labute approximate surface area is 74.8 Å². The van der Waals surface area contributed by atoms with E-state index in [0.717, 1.165) is 13.1 Å². The molecule has 0 aromatic carbocycles. The van der Waals surface area contributed by atoms with Gasteiger partial charge in [0.05, 0.1) is 4.99 Å². The molecular formula is C8H18N2S. The van der Waals surface area contributed by atoms with Gasteiger partial charge in [0.2, 0.25) is 0 Å². The van der Waals surface area contributed by atoms with E-state index in [9.17, 15) is 0 Å². The minimum atomic E-state index is 0.165. The lowest BCUT2D eigenvalue weighted by Crippen LogP contribution is -2.45. The maximum atomic E-state index is 5.46. The highest BCUT2D eigenvalue weighted by atomic mass is 32.1. The summed E-state index contributed by atoms with van der Waals surface area (Å²) >= 11 is 4.84. The fourth-order valence-corrected chi connectivity index (χ4v) is 1.17. The third kappa shape index (κ3) is 4.32. The lowest BCUT2D eigenvalue weighted by molar-refractivity contribution is 0.169. The highest BCUT2D eigenvalue weighted by Crippen LogP contribution is 2.11. The predicted octanol–water partition coefficient (Wildman–Crippen LogP) is 1.39. The quantitative estimate of drug-likeness (QED) is 0.656. The fourth-order valence-electron chi connectivity index (χ4n) is 1.01. The molecule has 0 aliphatic heterocycles. The number of nitrogens with zero attached hydrogens (tertiary/aromatic N) is 1. The Bertz CT molecular complexity index is 138. The highest BCUT2D eigenvalue weighted by Gasteiger charge is 2.19. The number of rotatable bonds is 3. The van der Waals surface area contributed by atoms with Crippen LogP contribution in [0.1, 0.15) is 27.7 Å². The van der Waals surface area contributed by atoms with Crippen LogP contribution >= 0.6 is 12.2 Å². The minimum Gasteiger partial charge on any atom is -0.392 e. The molecule has 0 saturated heterocycles. The second kappa shape index (κ2) is 4.02. The first-order valence-corrected chi connectivity index (χ1v) is 4.32. The number of nitrogens with two attached hydrogens (primary N) is 1. The molecule has 0 saturated carbocycles. The lowest BCUT2D eigenvalue weighted by Gasteiger charge is -2.34. The molecule has 0 heterocycles. The SMILES string of the molecule is CCN(CC(N)=S)C(C)(C)C. The summed E-state index contributed by atoms with van der Waals surface area (Å²) < 4.78 is 0. The van der Waals surface area contributed by atoms with Crippen LogP contribution in [-0.4, -0.2) is 28.5 Å². The van der Waals surface area contributed by atoms with Crippen molar-refractivity contribution in [3.63, 3.8) is 0 Å². The van der Waals surface area contributed by atoms with Crippen LogP contribution in [-0.2, 0) is 0 Å². The normalized spacial score (nSPS) is 12.1. The van der Waals surface area contributed by atoms with Gasteiger partial charge in [0.25, 0.3) is 0 Å². The highest BCUT2D eigenvalue weighted by molar-refractivity contribution is 7.80. The van der Waals surface area contributed by atoms with Crippen LogP contribution in [0.5, 0.6) is 0 Å². The first kappa shape index (κ1) is 10.8. The van der Waals surface area contributed by atoms with E-state index in [0.29, 0.717) is 4.99 Å². The number of thiocarbonyl (C=S) groups is 1. The van der Waals surface area contributed by atoms with Gasteiger partial charge in [0, 0.05) is 12.1 Å². The largest absolute Gasteiger partial charge is 0.392 e. The zero-order chi connectivity index (χ0) is 9.07.